The molecule has 4 nitrogen and oxygen atoms in total. The second-order valence-corrected chi connectivity index (χ2v) is 5.55. The number of halogens is 2. The Morgan fingerprint density at radius 2 is 1.87 bits per heavy atom. The number of carbonyl (C=O) groups excluding carboxylic acids is 2. The molecule has 0 heterocycles. The fraction of sp³-hybridized carbons (Fsp3) is 0.412. The lowest BCUT2D eigenvalue weighted by molar-refractivity contribution is -0.143. The van der Waals surface area contributed by atoms with E-state index in [1.165, 1.54) is 6.07 Å². The van der Waals surface area contributed by atoms with Gasteiger partial charge in [-0.05, 0) is 43.7 Å². The second kappa shape index (κ2) is 7.85. The molecule has 1 saturated carbocycles. The Bertz CT molecular complexity index is 592. The summed E-state index contributed by atoms with van der Waals surface area (Å²) < 4.78 is 36.0. The van der Waals surface area contributed by atoms with E-state index in [1.807, 2.05) is 0 Å². The van der Waals surface area contributed by atoms with Crippen molar-refractivity contribution in [2.45, 2.75) is 25.7 Å². The zero-order valence-corrected chi connectivity index (χ0v) is 12.6. The number of carbonyl (C=O) groups is 2. The maximum Gasteiger partial charge on any atom is 0.330 e. The van der Waals surface area contributed by atoms with Gasteiger partial charge in [0.2, 0.25) is 0 Å². The van der Waals surface area contributed by atoms with Gasteiger partial charge in [0, 0.05) is 12.1 Å². The van der Waals surface area contributed by atoms with Crippen LogP contribution in [0.25, 0.3) is 0 Å². The van der Waals surface area contributed by atoms with Crippen LogP contribution >= 0.6 is 0 Å². The maximum atomic E-state index is 13.1. The highest BCUT2D eigenvalue weighted by atomic mass is 19.2. The molecule has 1 aliphatic rings. The average Bonchev–Trinajstić information content (AvgIpc) is 2.56. The number of hydrogen-bond donors (Lipinski definition) is 0. The molecule has 1 aromatic carbocycles. The first-order valence-corrected chi connectivity index (χ1v) is 7.45. The Hall–Kier alpha value is -2.24. The summed E-state index contributed by atoms with van der Waals surface area (Å²) in [4.78, 5) is 23.1. The third-order valence-electron chi connectivity index (χ3n) is 3.92. The normalized spacial score (nSPS) is 20.6. The number of rotatable bonds is 5. The minimum atomic E-state index is -1.05. The lowest BCUT2D eigenvalue weighted by Gasteiger charge is -2.26. The van der Waals surface area contributed by atoms with Crippen molar-refractivity contribution < 1.29 is 27.8 Å². The molecule has 124 valence electrons. The Balaban J connectivity index is 1.80. The van der Waals surface area contributed by atoms with Crippen LogP contribution in [0.4, 0.5) is 8.78 Å². The van der Waals surface area contributed by atoms with Crippen molar-refractivity contribution in [2.24, 2.45) is 11.8 Å². The van der Waals surface area contributed by atoms with E-state index >= 15 is 0 Å². The molecule has 0 unspecified atom stereocenters. The standard InChI is InChI=1S/C17H18F2O4/c1-2-16(20)22-10-11-3-5-12(6-4-11)17(21)23-13-7-8-14(18)15(19)9-13/h2,7-9,11-12H,1,3-6,10H2. The van der Waals surface area contributed by atoms with Gasteiger partial charge in [-0.3, -0.25) is 4.79 Å². The van der Waals surface area contributed by atoms with Crippen LogP contribution in [0.15, 0.2) is 30.9 Å². The predicted molar refractivity (Wildman–Crippen MR) is 78.6 cm³/mol. The molecule has 0 amide bonds. The van der Waals surface area contributed by atoms with Gasteiger partial charge >= 0.3 is 11.9 Å². The zero-order valence-electron chi connectivity index (χ0n) is 12.6. The SMILES string of the molecule is C=CC(=O)OCC1CCC(C(=O)Oc2ccc(F)c(F)c2)CC1. The molecule has 0 radical (unpaired) electrons. The zero-order chi connectivity index (χ0) is 16.8. The van der Waals surface area contributed by atoms with Crippen molar-refractivity contribution in [3.05, 3.63) is 42.5 Å². The molecule has 0 atom stereocenters. The van der Waals surface area contributed by atoms with E-state index in [0.717, 1.165) is 31.1 Å². The molecular weight excluding hydrogens is 306 g/mol. The molecule has 0 aliphatic heterocycles. The van der Waals surface area contributed by atoms with Crippen LogP contribution in [0.1, 0.15) is 25.7 Å². The van der Waals surface area contributed by atoms with Gasteiger partial charge in [-0.1, -0.05) is 6.58 Å². The summed E-state index contributed by atoms with van der Waals surface area (Å²) in [6.07, 6.45) is 3.81. The summed E-state index contributed by atoms with van der Waals surface area (Å²) in [7, 11) is 0. The minimum absolute atomic E-state index is 0.00376. The van der Waals surface area contributed by atoms with Crippen molar-refractivity contribution >= 4 is 11.9 Å². The first-order chi connectivity index (χ1) is 11.0. The van der Waals surface area contributed by atoms with E-state index in [2.05, 4.69) is 6.58 Å². The molecule has 6 heteroatoms. The van der Waals surface area contributed by atoms with Crippen LogP contribution in [-0.4, -0.2) is 18.5 Å². The summed E-state index contributed by atoms with van der Waals surface area (Å²) in [5.74, 6) is -3.01. The number of hydrogen-bond acceptors (Lipinski definition) is 4. The second-order valence-electron chi connectivity index (χ2n) is 5.55. The molecule has 0 aromatic heterocycles. The average molecular weight is 324 g/mol. The number of ether oxygens (including phenoxy) is 2. The number of benzene rings is 1. The first kappa shape index (κ1) is 17.1. The van der Waals surface area contributed by atoms with Gasteiger partial charge in [-0.2, -0.15) is 0 Å². The van der Waals surface area contributed by atoms with Gasteiger partial charge in [-0.15, -0.1) is 0 Å². The molecular formula is C17H18F2O4. The highest BCUT2D eigenvalue weighted by Gasteiger charge is 2.28. The minimum Gasteiger partial charge on any atom is -0.462 e. The van der Waals surface area contributed by atoms with Gasteiger partial charge in [0.25, 0.3) is 0 Å². The van der Waals surface area contributed by atoms with Crippen molar-refractivity contribution in [3.8, 4) is 5.75 Å². The van der Waals surface area contributed by atoms with Crippen LogP contribution < -0.4 is 4.74 Å². The summed E-state index contributed by atoms with van der Waals surface area (Å²) >= 11 is 0. The van der Waals surface area contributed by atoms with Crippen LogP contribution in [0.2, 0.25) is 0 Å². The fourth-order valence-corrected chi connectivity index (χ4v) is 2.56. The van der Waals surface area contributed by atoms with Crippen molar-refractivity contribution in [1.29, 1.82) is 0 Å². The van der Waals surface area contributed by atoms with E-state index < -0.39 is 23.6 Å². The Morgan fingerprint density at radius 1 is 1.17 bits per heavy atom. The molecule has 1 aliphatic carbocycles. The van der Waals surface area contributed by atoms with Gasteiger partial charge < -0.3 is 9.47 Å². The van der Waals surface area contributed by atoms with Gasteiger partial charge in [0.1, 0.15) is 5.75 Å². The summed E-state index contributed by atoms with van der Waals surface area (Å²) in [6, 6.07) is 2.99. The van der Waals surface area contributed by atoms with E-state index in [0.29, 0.717) is 19.4 Å². The summed E-state index contributed by atoms with van der Waals surface area (Å²) in [6.45, 7) is 3.64. The van der Waals surface area contributed by atoms with Crippen LogP contribution in [0.3, 0.4) is 0 Å². The maximum absolute atomic E-state index is 13.1. The van der Waals surface area contributed by atoms with Crippen LogP contribution in [-0.2, 0) is 14.3 Å². The molecule has 0 bridgehead atoms. The summed E-state index contributed by atoms with van der Waals surface area (Å²) in [5.41, 5.74) is 0. The Labute approximate surface area is 133 Å². The Kier molecular flexibility index (Phi) is 5.84. The van der Waals surface area contributed by atoms with Gasteiger partial charge in [-0.25, -0.2) is 13.6 Å². The molecule has 0 N–H and O–H groups in total. The third-order valence-corrected chi connectivity index (χ3v) is 3.92. The molecule has 1 fully saturated rings. The third kappa shape index (κ3) is 4.87. The van der Waals surface area contributed by atoms with E-state index in [-0.39, 0.29) is 17.6 Å². The van der Waals surface area contributed by atoms with Crippen LogP contribution in [0, 0.1) is 23.5 Å². The molecule has 0 saturated heterocycles. The topological polar surface area (TPSA) is 52.6 Å². The lowest BCUT2D eigenvalue weighted by Crippen LogP contribution is -2.27. The molecule has 2 rings (SSSR count). The smallest absolute Gasteiger partial charge is 0.330 e. The van der Waals surface area contributed by atoms with Crippen molar-refractivity contribution in [1.82, 2.24) is 0 Å². The highest BCUT2D eigenvalue weighted by molar-refractivity contribution is 5.81. The van der Waals surface area contributed by atoms with Crippen molar-refractivity contribution in [2.75, 3.05) is 6.61 Å². The molecule has 0 spiro atoms. The van der Waals surface area contributed by atoms with Crippen LogP contribution in [0.5, 0.6) is 5.75 Å². The van der Waals surface area contributed by atoms with E-state index in [4.69, 9.17) is 9.47 Å². The van der Waals surface area contributed by atoms with Gasteiger partial charge in [0.15, 0.2) is 11.6 Å². The van der Waals surface area contributed by atoms with E-state index in [9.17, 15) is 18.4 Å². The van der Waals surface area contributed by atoms with E-state index in [1.54, 1.807) is 0 Å². The van der Waals surface area contributed by atoms with Gasteiger partial charge in [0.05, 0.1) is 12.5 Å². The monoisotopic (exact) mass is 324 g/mol. The Morgan fingerprint density at radius 3 is 2.48 bits per heavy atom. The quantitative estimate of drug-likeness (QED) is 0.473. The lowest BCUT2D eigenvalue weighted by atomic mass is 9.82. The summed E-state index contributed by atoms with van der Waals surface area (Å²) in [5, 5.41) is 0. The number of esters is 2. The predicted octanol–water partition coefficient (Wildman–Crippen LogP) is 3.41. The highest BCUT2D eigenvalue weighted by Crippen LogP contribution is 2.30. The first-order valence-electron chi connectivity index (χ1n) is 7.45. The van der Waals surface area contributed by atoms with Crippen molar-refractivity contribution in [3.63, 3.8) is 0 Å². The molecule has 1 aromatic rings. The fourth-order valence-electron chi connectivity index (χ4n) is 2.56. The largest absolute Gasteiger partial charge is 0.462 e. The molecule has 23 heavy (non-hydrogen) atoms.